The van der Waals surface area contributed by atoms with Gasteiger partial charge in [0.15, 0.2) is 0 Å². The second-order valence-electron chi connectivity index (χ2n) is 5.47. The topological polar surface area (TPSA) is 0 Å². The van der Waals surface area contributed by atoms with Gasteiger partial charge in [0.05, 0.1) is 0 Å². The summed E-state index contributed by atoms with van der Waals surface area (Å²) in [5.41, 5.74) is 5.84. The van der Waals surface area contributed by atoms with E-state index in [1.807, 2.05) is 11.3 Å². The lowest BCUT2D eigenvalue weighted by atomic mass is 9.99. The molecule has 1 aliphatic rings. The van der Waals surface area contributed by atoms with Gasteiger partial charge in [-0.25, -0.2) is 0 Å². The van der Waals surface area contributed by atoms with Crippen LogP contribution in [0.15, 0.2) is 60.0 Å². The molecule has 0 unspecified atom stereocenters. The van der Waals surface area contributed by atoms with E-state index in [1.165, 1.54) is 43.1 Å². The van der Waals surface area contributed by atoms with E-state index in [2.05, 4.69) is 60.0 Å². The molecule has 0 fully saturated rings. The van der Waals surface area contributed by atoms with Crippen molar-refractivity contribution in [3.63, 3.8) is 0 Å². The summed E-state index contributed by atoms with van der Waals surface area (Å²) < 4.78 is 1.39. The van der Waals surface area contributed by atoms with Crippen molar-refractivity contribution in [3.05, 3.63) is 71.1 Å². The standard InChI is InChI=1S/C19H12S/c1-2-4-13-11-17-15(9-12(13)3-1)10-14-5-6-18-16(19(14)17)7-8-20-18/h1-9,11H,10H2. The molecule has 1 heterocycles. The Morgan fingerprint density at radius 3 is 2.55 bits per heavy atom. The highest BCUT2D eigenvalue weighted by Gasteiger charge is 2.21. The quantitative estimate of drug-likeness (QED) is 0.343. The molecule has 0 saturated heterocycles. The average molecular weight is 272 g/mol. The van der Waals surface area contributed by atoms with Gasteiger partial charge >= 0.3 is 0 Å². The zero-order valence-corrected chi connectivity index (χ0v) is 11.7. The Kier molecular flexibility index (Phi) is 1.97. The van der Waals surface area contributed by atoms with E-state index in [4.69, 9.17) is 0 Å². The van der Waals surface area contributed by atoms with Crippen molar-refractivity contribution in [1.82, 2.24) is 0 Å². The second kappa shape index (κ2) is 3.71. The number of hydrogen-bond donors (Lipinski definition) is 0. The van der Waals surface area contributed by atoms with E-state index >= 15 is 0 Å². The minimum absolute atomic E-state index is 1.07. The zero-order valence-electron chi connectivity index (χ0n) is 10.9. The van der Waals surface area contributed by atoms with Gasteiger partial charge in [-0.05, 0) is 63.0 Å². The Morgan fingerprint density at radius 1 is 0.800 bits per heavy atom. The summed E-state index contributed by atoms with van der Waals surface area (Å²) in [7, 11) is 0. The predicted octanol–water partition coefficient (Wildman–Crippen LogP) is 5.63. The highest BCUT2D eigenvalue weighted by molar-refractivity contribution is 7.17. The largest absolute Gasteiger partial charge is 0.144 e. The number of fused-ring (bicyclic) bond motifs is 6. The van der Waals surface area contributed by atoms with Crippen LogP contribution in [0.2, 0.25) is 0 Å². The fraction of sp³-hybridized carbons (Fsp3) is 0.0526. The molecule has 0 saturated carbocycles. The van der Waals surface area contributed by atoms with E-state index in [1.54, 1.807) is 0 Å². The lowest BCUT2D eigenvalue weighted by Gasteiger charge is -2.05. The molecule has 0 nitrogen and oxygen atoms in total. The molecule has 20 heavy (non-hydrogen) atoms. The van der Waals surface area contributed by atoms with Gasteiger partial charge in [-0.15, -0.1) is 11.3 Å². The molecule has 3 aromatic carbocycles. The lowest BCUT2D eigenvalue weighted by molar-refractivity contribution is 1.27. The summed E-state index contributed by atoms with van der Waals surface area (Å²) >= 11 is 1.83. The summed E-state index contributed by atoms with van der Waals surface area (Å²) in [6.45, 7) is 0. The van der Waals surface area contributed by atoms with E-state index in [0.717, 1.165) is 6.42 Å². The molecule has 94 valence electrons. The van der Waals surface area contributed by atoms with Crippen LogP contribution in [0.1, 0.15) is 11.1 Å². The molecule has 0 amide bonds. The van der Waals surface area contributed by atoms with Crippen LogP contribution in [0.4, 0.5) is 0 Å². The molecular weight excluding hydrogens is 260 g/mol. The van der Waals surface area contributed by atoms with Gasteiger partial charge in [-0.2, -0.15) is 0 Å². The molecule has 4 aromatic rings. The smallest absolute Gasteiger partial charge is 0.0349 e. The first-order valence-corrected chi connectivity index (χ1v) is 7.79. The van der Waals surface area contributed by atoms with Crippen LogP contribution < -0.4 is 0 Å². The minimum atomic E-state index is 1.07. The van der Waals surface area contributed by atoms with Crippen molar-refractivity contribution in [2.24, 2.45) is 0 Å². The van der Waals surface area contributed by atoms with E-state index in [-0.39, 0.29) is 0 Å². The second-order valence-corrected chi connectivity index (χ2v) is 6.41. The van der Waals surface area contributed by atoms with Crippen molar-refractivity contribution < 1.29 is 0 Å². The fourth-order valence-corrected chi connectivity index (χ4v) is 4.22. The molecule has 0 spiro atoms. The molecule has 5 rings (SSSR count). The summed E-state index contributed by atoms with van der Waals surface area (Å²) in [6, 6.07) is 20.2. The van der Waals surface area contributed by atoms with Gasteiger partial charge in [-0.3, -0.25) is 0 Å². The molecule has 0 aliphatic heterocycles. The summed E-state index contributed by atoms with van der Waals surface area (Å²) in [6.07, 6.45) is 1.07. The van der Waals surface area contributed by atoms with Crippen LogP contribution in [0, 0.1) is 0 Å². The van der Waals surface area contributed by atoms with Gasteiger partial charge in [-0.1, -0.05) is 36.4 Å². The van der Waals surface area contributed by atoms with Crippen LogP contribution in [-0.2, 0) is 6.42 Å². The van der Waals surface area contributed by atoms with Crippen LogP contribution in [0.5, 0.6) is 0 Å². The van der Waals surface area contributed by atoms with E-state index in [0.29, 0.717) is 0 Å². The predicted molar refractivity (Wildman–Crippen MR) is 87.6 cm³/mol. The molecule has 0 atom stereocenters. The maximum atomic E-state index is 2.37. The molecular formula is C19H12S. The molecule has 1 aliphatic carbocycles. The molecule has 0 bridgehead atoms. The Balaban J connectivity index is 1.93. The third-order valence-electron chi connectivity index (χ3n) is 4.34. The summed E-state index contributed by atoms with van der Waals surface area (Å²) in [4.78, 5) is 0. The van der Waals surface area contributed by atoms with Crippen molar-refractivity contribution in [1.29, 1.82) is 0 Å². The highest BCUT2D eigenvalue weighted by atomic mass is 32.1. The maximum Gasteiger partial charge on any atom is 0.0349 e. The highest BCUT2D eigenvalue weighted by Crippen LogP contribution is 2.43. The Bertz CT molecular complexity index is 976. The number of rotatable bonds is 0. The van der Waals surface area contributed by atoms with Crippen molar-refractivity contribution in [3.8, 4) is 11.1 Å². The average Bonchev–Trinajstić information content (AvgIpc) is 3.07. The van der Waals surface area contributed by atoms with Crippen molar-refractivity contribution in [2.45, 2.75) is 6.42 Å². The van der Waals surface area contributed by atoms with Gasteiger partial charge in [0.1, 0.15) is 0 Å². The first kappa shape index (κ1) is 10.6. The van der Waals surface area contributed by atoms with E-state index < -0.39 is 0 Å². The Labute approximate surface area is 121 Å². The summed E-state index contributed by atoms with van der Waals surface area (Å²) in [5.74, 6) is 0. The normalized spacial score (nSPS) is 12.8. The molecule has 0 radical (unpaired) electrons. The number of benzene rings is 3. The van der Waals surface area contributed by atoms with Gasteiger partial charge in [0.2, 0.25) is 0 Å². The Morgan fingerprint density at radius 2 is 1.65 bits per heavy atom. The van der Waals surface area contributed by atoms with Crippen LogP contribution in [0.25, 0.3) is 32.0 Å². The number of hydrogen-bond acceptors (Lipinski definition) is 1. The fourth-order valence-electron chi connectivity index (χ4n) is 3.43. The SMILES string of the molecule is c1ccc2cc3c(cc2c1)Cc1ccc2sccc2c1-3. The third-order valence-corrected chi connectivity index (χ3v) is 5.23. The van der Waals surface area contributed by atoms with Crippen LogP contribution >= 0.6 is 11.3 Å². The lowest BCUT2D eigenvalue weighted by Crippen LogP contribution is -1.81. The van der Waals surface area contributed by atoms with Crippen LogP contribution in [-0.4, -0.2) is 0 Å². The van der Waals surface area contributed by atoms with Crippen molar-refractivity contribution >= 4 is 32.2 Å². The molecule has 1 aromatic heterocycles. The van der Waals surface area contributed by atoms with E-state index in [9.17, 15) is 0 Å². The first-order chi connectivity index (χ1) is 9.90. The maximum absolute atomic E-state index is 2.37. The molecule has 0 N–H and O–H groups in total. The number of thiophene rings is 1. The summed E-state index contributed by atoms with van der Waals surface area (Å²) in [5, 5.41) is 6.30. The van der Waals surface area contributed by atoms with Gasteiger partial charge < -0.3 is 0 Å². The van der Waals surface area contributed by atoms with Crippen LogP contribution in [0.3, 0.4) is 0 Å². The van der Waals surface area contributed by atoms with Crippen molar-refractivity contribution in [2.75, 3.05) is 0 Å². The Hall–Kier alpha value is -2.12. The monoisotopic (exact) mass is 272 g/mol. The third kappa shape index (κ3) is 1.31. The minimum Gasteiger partial charge on any atom is -0.144 e. The molecule has 1 heteroatoms. The first-order valence-electron chi connectivity index (χ1n) is 6.91. The van der Waals surface area contributed by atoms with Gasteiger partial charge in [0.25, 0.3) is 0 Å². The zero-order chi connectivity index (χ0) is 13.1. The van der Waals surface area contributed by atoms with Gasteiger partial charge in [0, 0.05) is 10.1 Å².